The summed E-state index contributed by atoms with van der Waals surface area (Å²) < 4.78 is 22.3. The second-order valence-electron chi connectivity index (χ2n) is 15.2. The largest absolute Gasteiger partial charge is 0.454 e. The molecule has 0 bridgehead atoms. The maximum absolute atomic E-state index is 14.2. The van der Waals surface area contributed by atoms with Gasteiger partial charge in [-0.15, -0.1) is 0 Å². The van der Waals surface area contributed by atoms with Gasteiger partial charge in [0.05, 0.1) is 37.8 Å². The summed E-state index contributed by atoms with van der Waals surface area (Å²) in [6.45, 7) is 13.8. The van der Waals surface area contributed by atoms with Crippen molar-refractivity contribution in [3.8, 4) is 22.8 Å². The van der Waals surface area contributed by atoms with Crippen molar-refractivity contribution in [2.45, 2.75) is 78.6 Å². The van der Waals surface area contributed by atoms with Crippen LogP contribution in [0.2, 0.25) is 6.32 Å². The van der Waals surface area contributed by atoms with E-state index in [0.717, 1.165) is 34.2 Å². The molecule has 2 unspecified atom stereocenters. The number of ether oxygens (including phenoxy) is 3. The number of carbonyl (C=O) groups is 3. The molecular weight excluding hydrogens is 639 g/mol. The third kappa shape index (κ3) is 6.03. The molecule has 1 aromatic heterocycles. The molecule has 14 heteroatoms. The Kier molecular flexibility index (Phi) is 8.48. The van der Waals surface area contributed by atoms with Crippen molar-refractivity contribution in [3.05, 3.63) is 59.5 Å². The first-order valence-electron chi connectivity index (χ1n) is 17.2. The lowest BCUT2D eigenvalue weighted by molar-refractivity contribution is -0.135. The Morgan fingerprint density at radius 3 is 2.26 bits per heavy atom. The van der Waals surface area contributed by atoms with Gasteiger partial charge in [-0.1, -0.05) is 52.0 Å². The minimum Gasteiger partial charge on any atom is -0.454 e. The fourth-order valence-electron chi connectivity index (χ4n) is 7.23. The number of methoxy groups -OCH3 is 1. The van der Waals surface area contributed by atoms with E-state index < -0.39 is 18.2 Å². The second-order valence-corrected chi connectivity index (χ2v) is 15.2. The average Bonchev–Trinajstić information content (AvgIpc) is 3.91. The first-order chi connectivity index (χ1) is 23.7. The Hall–Kier alpha value is -4.72. The van der Waals surface area contributed by atoms with Crippen LogP contribution in [-0.2, 0) is 27.3 Å². The van der Waals surface area contributed by atoms with E-state index in [1.54, 1.807) is 20.9 Å². The fourth-order valence-corrected chi connectivity index (χ4v) is 7.23. The topological polar surface area (TPSA) is 139 Å². The minimum atomic E-state index is -0.867. The average molecular weight is 685 g/mol. The summed E-state index contributed by atoms with van der Waals surface area (Å²) in [5.74, 6) is 1.34. The van der Waals surface area contributed by atoms with E-state index in [4.69, 9.17) is 23.8 Å². The number of fused-ring (bicyclic) bond motifs is 2. The number of benzene rings is 2. The SMILES string of the molecule is COC(=O)NC(C(=O)N1CN(C(=O)N2Cc3cc4c(cc3C2)OCO4)CC1c1ncc(-c2ccc(B3CC(C)(C)C(C)(C)O3)cc2)[nH]1)C(C)C. The van der Waals surface area contributed by atoms with Crippen LogP contribution in [0.25, 0.3) is 11.3 Å². The molecule has 4 amide bonds. The van der Waals surface area contributed by atoms with Gasteiger partial charge < -0.3 is 43.9 Å². The Morgan fingerprint density at radius 2 is 1.68 bits per heavy atom. The second kappa shape index (κ2) is 12.6. The molecule has 0 radical (unpaired) electrons. The fraction of sp³-hybridized carbons (Fsp3) is 0.500. The van der Waals surface area contributed by atoms with Crippen LogP contribution in [-0.4, -0.2) is 88.4 Å². The number of nitrogens with one attached hydrogen (secondary N) is 2. The number of hydrogen-bond acceptors (Lipinski definition) is 8. The van der Waals surface area contributed by atoms with Gasteiger partial charge in [0.2, 0.25) is 12.7 Å². The van der Waals surface area contributed by atoms with Gasteiger partial charge in [-0.3, -0.25) is 4.79 Å². The lowest BCUT2D eigenvalue weighted by atomic mass is 9.54. The molecule has 3 aromatic rings. The number of hydrogen-bond donors (Lipinski definition) is 2. The van der Waals surface area contributed by atoms with Gasteiger partial charge in [0.25, 0.3) is 0 Å². The Bertz CT molecular complexity index is 1760. The number of imidazole rings is 1. The lowest BCUT2D eigenvalue weighted by Crippen LogP contribution is -2.52. The van der Waals surface area contributed by atoms with Crippen LogP contribution >= 0.6 is 0 Å². The first-order valence-corrected chi connectivity index (χ1v) is 17.2. The number of alkyl carbamates (subject to hydrolysis) is 1. The monoisotopic (exact) mass is 684 g/mol. The first kappa shape index (κ1) is 33.8. The van der Waals surface area contributed by atoms with Gasteiger partial charge >= 0.3 is 19.0 Å². The molecule has 50 heavy (non-hydrogen) atoms. The summed E-state index contributed by atoms with van der Waals surface area (Å²) in [7, 11) is 1.26. The van der Waals surface area contributed by atoms with Crippen LogP contribution in [0.15, 0.2) is 42.6 Å². The third-order valence-corrected chi connectivity index (χ3v) is 11.0. The number of rotatable bonds is 6. The molecule has 2 N–H and O–H groups in total. The smallest absolute Gasteiger partial charge is 0.407 e. The zero-order valence-corrected chi connectivity index (χ0v) is 29.7. The van der Waals surface area contributed by atoms with E-state index >= 15 is 0 Å². The molecular formula is C36H45BN6O7. The van der Waals surface area contributed by atoms with Gasteiger partial charge in [0, 0.05) is 13.1 Å². The summed E-state index contributed by atoms with van der Waals surface area (Å²) in [6.07, 6.45) is 1.99. The van der Waals surface area contributed by atoms with Crippen molar-refractivity contribution in [2.24, 2.45) is 11.3 Å². The highest BCUT2D eigenvalue weighted by Crippen LogP contribution is 2.45. The van der Waals surface area contributed by atoms with Crippen molar-refractivity contribution in [2.75, 3.05) is 27.1 Å². The summed E-state index contributed by atoms with van der Waals surface area (Å²) in [5.41, 5.74) is 4.69. The van der Waals surface area contributed by atoms with E-state index in [2.05, 4.69) is 50.1 Å². The van der Waals surface area contributed by atoms with Crippen LogP contribution in [0, 0.1) is 11.3 Å². The molecule has 4 aliphatic heterocycles. The van der Waals surface area contributed by atoms with Crippen molar-refractivity contribution < 1.29 is 33.2 Å². The van der Waals surface area contributed by atoms with Gasteiger partial charge in [-0.05, 0) is 65.8 Å². The van der Waals surface area contributed by atoms with E-state index in [-0.39, 0.29) is 55.8 Å². The summed E-state index contributed by atoms with van der Waals surface area (Å²) in [4.78, 5) is 53.6. The summed E-state index contributed by atoms with van der Waals surface area (Å²) >= 11 is 0. The standard InChI is InChI=1S/C36H45BN6O7/c1-21(2)30(40-33(45)47-7)32(44)43-19-42(34(46)41-15-23-12-28-29(49-20-48-28)13-24(23)16-41)17-27(43)31-38-14-26(39-31)22-8-10-25(11-9-22)37-18-35(3,4)36(5,6)50-37/h8-14,21,27,30H,15-20H2,1-7H3,(H,38,39)(H,40,45). The van der Waals surface area contributed by atoms with Crippen molar-refractivity contribution in [1.82, 2.24) is 30.0 Å². The van der Waals surface area contributed by atoms with E-state index in [9.17, 15) is 14.4 Å². The molecule has 4 aliphatic rings. The van der Waals surface area contributed by atoms with E-state index in [1.807, 2.05) is 38.1 Å². The van der Waals surface area contributed by atoms with Crippen LogP contribution in [0.3, 0.4) is 0 Å². The predicted molar refractivity (Wildman–Crippen MR) is 186 cm³/mol. The van der Waals surface area contributed by atoms with Crippen LogP contribution in [0.4, 0.5) is 9.59 Å². The maximum Gasteiger partial charge on any atom is 0.407 e. The Morgan fingerprint density at radius 1 is 1.02 bits per heavy atom. The highest BCUT2D eigenvalue weighted by Gasteiger charge is 2.50. The molecule has 2 fully saturated rings. The highest BCUT2D eigenvalue weighted by atomic mass is 16.7. The number of amides is 4. The minimum absolute atomic E-state index is 0.0198. The van der Waals surface area contributed by atoms with Crippen LogP contribution in [0.5, 0.6) is 11.5 Å². The Labute approximate surface area is 292 Å². The van der Waals surface area contributed by atoms with E-state index in [0.29, 0.717) is 30.4 Å². The molecule has 13 nitrogen and oxygen atoms in total. The molecule has 2 saturated heterocycles. The van der Waals surface area contributed by atoms with Crippen molar-refractivity contribution in [1.29, 1.82) is 0 Å². The van der Waals surface area contributed by atoms with Crippen molar-refractivity contribution in [3.63, 3.8) is 0 Å². The molecule has 264 valence electrons. The number of H-pyrrole nitrogens is 1. The third-order valence-electron chi connectivity index (χ3n) is 11.0. The quantitative estimate of drug-likeness (QED) is 0.362. The number of nitrogens with zero attached hydrogens (tertiary/aromatic N) is 4. The lowest BCUT2D eigenvalue weighted by Gasteiger charge is -2.34. The number of aromatic amines is 1. The zero-order valence-electron chi connectivity index (χ0n) is 29.7. The summed E-state index contributed by atoms with van der Waals surface area (Å²) in [6, 6.07) is 10.5. The number of carbonyl (C=O) groups excluding carboxylic acids is 3. The molecule has 7 rings (SSSR count). The zero-order chi connectivity index (χ0) is 35.5. The molecule has 0 spiro atoms. The molecule has 5 heterocycles. The van der Waals surface area contributed by atoms with Gasteiger partial charge in [-0.25, -0.2) is 14.6 Å². The maximum atomic E-state index is 14.2. The van der Waals surface area contributed by atoms with Gasteiger partial charge in [0.15, 0.2) is 11.5 Å². The number of urea groups is 1. The predicted octanol–water partition coefficient (Wildman–Crippen LogP) is 4.50. The van der Waals surface area contributed by atoms with Crippen molar-refractivity contribution >= 4 is 30.4 Å². The van der Waals surface area contributed by atoms with Crippen LogP contribution < -0.4 is 20.3 Å². The summed E-state index contributed by atoms with van der Waals surface area (Å²) in [5, 5.41) is 2.69. The molecule has 0 saturated carbocycles. The van der Waals surface area contributed by atoms with Crippen LogP contribution in [0.1, 0.15) is 64.5 Å². The van der Waals surface area contributed by atoms with Gasteiger partial charge in [-0.2, -0.15) is 0 Å². The highest BCUT2D eigenvalue weighted by molar-refractivity contribution is 6.68. The number of aromatic nitrogens is 2. The van der Waals surface area contributed by atoms with E-state index in [1.165, 1.54) is 7.11 Å². The molecule has 0 aliphatic carbocycles. The Balaban J connectivity index is 1.12. The molecule has 2 aromatic carbocycles. The van der Waals surface area contributed by atoms with Gasteiger partial charge in [0.1, 0.15) is 17.9 Å². The molecule has 2 atom stereocenters. The normalized spacial score (nSPS) is 20.8.